The molecule has 5 heteroatoms. The summed E-state index contributed by atoms with van der Waals surface area (Å²) < 4.78 is 10.6. The minimum atomic E-state index is -1.77. The summed E-state index contributed by atoms with van der Waals surface area (Å²) in [6, 6.07) is 0. The average molecular weight is 302 g/mol. The third-order valence-electron chi connectivity index (χ3n) is 4.00. The molecule has 0 amide bonds. The van der Waals surface area contributed by atoms with E-state index in [1.165, 1.54) is 13.2 Å². The van der Waals surface area contributed by atoms with Gasteiger partial charge in [-0.2, -0.15) is 0 Å². The topological polar surface area (TPSA) is 55.8 Å². The summed E-state index contributed by atoms with van der Waals surface area (Å²) in [5.74, 6) is -0.367. The Labute approximate surface area is 124 Å². The van der Waals surface area contributed by atoms with Crippen LogP contribution in [-0.2, 0) is 14.0 Å². The zero-order valence-electron chi connectivity index (χ0n) is 13.9. The van der Waals surface area contributed by atoms with Crippen molar-refractivity contribution in [1.29, 1.82) is 0 Å². The number of hydrogen-bond acceptors (Lipinski definition) is 4. The Balaban J connectivity index is 4.24. The Kier molecular flexibility index (Phi) is 7.69. The van der Waals surface area contributed by atoms with Gasteiger partial charge in [0.2, 0.25) is 0 Å². The maximum atomic E-state index is 10.9. The lowest BCUT2D eigenvalue weighted by Crippen LogP contribution is -2.42. The molecular formula is C15H30O4Si. The number of carbonyl (C=O) groups is 1. The van der Waals surface area contributed by atoms with Crippen LogP contribution < -0.4 is 0 Å². The van der Waals surface area contributed by atoms with E-state index in [1.54, 1.807) is 6.08 Å². The molecule has 4 nitrogen and oxygen atoms in total. The maximum absolute atomic E-state index is 10.9. The number of esters is 1. The highest BCUT2D eigenvalue weighted by Gasteiger charge is 2.37. The monoisotopic (exact) mass is 302 g/mol. The molecule has 0 aliphatic carbocycles. The highest BCUT2D eigenvalue weighted by molar-refractivity contribution is 6.74. The third-order valence-corrected chi connectivity index (χ3v) is 8.50. The van der Waals surface area contributed by atoms with Crippen LogP contribution in [0.15, 0.2) is 12.2 Å². The van der Waals surface area contributed by atoms with E-state index in [0.717, 1.165) is 0 Å². The fourth-order valence-corrected chi connectivity index (χ4v) is 2.38. The highest BCUT2D eigenvalue weighted by atomic mass is 28.4. The molecule has 0 fully saturated rings. The predicted molar refractivity (Wildman–Crippen MR) is 84.1 cm³/mol. The Morgan fingerprint density at radius 1 is 1.35 bits per heavy atom. The van der Waals surface area contributed by atoms with E-state index in [0.29, 0.717) is 13.0 Å². The molecule has 2 atom stereocenters. The Morgan fingerprint density at radius 3 is 2.35 bits per heavy atom. The van der Waals surface area contributed by atoms with E-state index in [4.69, 9.17) is 4.43 Å². The molecule has 0 bridgehead atoms. The van der Waals surface area contributed by atoms with E-state index in [-0.39, 0.29) is 11.0 Å². The Hall–Kier alpha value is -0.653. The van der Waals surface area contributed by atoms with Crippen molar-refractivity contribution in [2.45, 2.75) is 58.4 Å². The molecule has 0 saturated heterocycles. The van der Waals surface area contributed by atoms with Gasteiger partial charge in [0.05, 0.1) is 13.2 Å². The summed E-state index contributed by atoms with van der Waals surface area (Å²) in [4.78, 5) is 10.9. The van der Waals surface area contributed by atoms with Gasteiger partial charge >= 0.3 is 5.97 Å². The minimum absolute atomic E-state index is 0.0337. The molecule has 0 saturated carbocycles. The van der Waals surface area contributed by atoms with Crippen LogP contribution in [0.2, 0.25) is 18.1 Å². The van der Waals surface area contributed by atoms with E-state index in [2.05, 4.69) is 38.6 Å². The van der Waals surface area contributed by atoms with Crippen molar-refractivity contribution in [3.05, 3.63) is 12.2 Å². The first kappa shape index (κ1) is 19.3. The number of carbonyl (C=O) groups excluding carboxylic acids is 1. The van der Waals surface area contributed by atoms with Gasteiger partial charge in [0, 0.05) is 18.6 Å². The molecule has 0 unspecified atom stereocenters. The van der Waals surface area contributed by atoms with Gasteiger partial charge in [0.15, 0.2) is 8.32 Å². The molecule has 1 N–H and O–H groups in total. The van der Waals surface area contributed by atoms with Gasteiger partial charge in [-0.1, -0.05) is 33.8 Å². The van der Waals surface area contributed by atoms with Crippen molar-refractivity contribution in [2.24, 2.45) is 5.92 Å². The molecule has 20 heavy (non-hydrogen) atoms. The van der Waals surface area contributed by atoms with Gasteiger partial charge in [-0.15, -0.1) is 0 Å². The second kappa shape index (κ2) is 7.95. The zero-order valence-corrected chi connectivity index (χ0v) is 14.9. The summed E-state index contributed by atoms with van der Waals surface area (Å²) >= 11 is 0. The van der Waals surface area contributed by atoms with Crippen molar-refractivity contribution in [3.63, 3.8) is 0 Å². The number of rotatable bonds is 7. The first-order valence-corrected chi connectivity index (χ1v) is 9.98. The lowest BCUT2D eigenvalue weighted by Gasteiger charge is -2.37. The van der Waals surface area contributed by atoms with Crippen molar-refractivity contribution in [2.75, 3.05) is 13.7 Å². The molecule has 0 rings (SSSR count). The Morgan fingerprint density at radius 2 is 1.90 bits per heavy atom. The van der Waals surface area contributed by atoms with Gasteiger partial charge in [-0.3, -0.25) is 0 Å². The molecule has 0 spiro atoms. The first-order chi connectivity index (χ1) is 9.01. The quantitative estimate of drug-likeness (QED) is 0.446. The van der Waals surface area contributed by atoms with Crippen LogP contribution in [0.1, 0.15) is 34.1 Å². The summed E-state index contributed by atoms with van der Waals surface area (Å²) in [6.45, 7) is 13.5. The predicted octanol–water partition coefficient (Wildman–Crippen LogP) is 3.12. The average Bonchev–Trinajstić information content (AvgIpc) is 2.34. The first-order valence-electron chi connectivity index (χ1n) is 7.07. The molecule has 0 aromatic carbocycles. The van der Waals surface area contributed by atoms with Gasteiger partial charge in [-0.05, 0) is 24.6 Å². The molecular weight excluding hydrogens is 272 g/mol. The normalized spacial score (nSPS) is 16.2. The summed E-state index contributed by atoms with van der Waals surface area (Å²) in [6.07, 6.45) is 2.89. The third kappa shape index (κ3) is 6.68. The van der Waals surface area contributed by atoms with Gasteiger partial charge < -0.3 is 14.3 Å². The van der Waals surface area contributed by atoms with Crippen LogP contribution in [0, 0.1) is 5.92 Å². The van der Waals surface area contributed by atoms with Crippen LogP contribution in [0.5, 0.6) is 0 Å². The molecule has 0 aliphatic heterocycles. The van der Waals surface area contributed by atoms with E-state index < -0.39 is 20.4 Å². The molecule has 118 valence electrons. The second-order valence-corrected chi connectivity index (χ2v) is 11.6. The summed E-state index contributed by atoms with van der Waals surface area (Å²) in [5, 5.41) is 10.2. The highest BCUT2D eigenvalue weighted by Crippen LogP contribution is 2.36. The zero-order chi connectivity index (χ0) is 16.0. The van der Waals surface area contributed by atoms with Crippen molar-refractivity contribution < 1.29 is 19.1 Å². The smallest absolute Gasteiger partial charge is 0.330 e. The number of ether oxygens (including phenoxy) is 1. The largest absolute Gasteiger partial charge is 0.466 e. The fourth-order valence-electron chi connectivity index (χ4n) is 1.27. The maximum Gasteiger partial charge on any atom is 0.330 e. The summed E-state index contributed by atoms with van der Waals surface area (Å²) in [7, 11) is -0.440. The van der Waals surface area contributed by atoms with Gasteiger partial charge in [0.1, 0.15) is 0 Å². The Bertz CT molecular complexity index is 331. The number of aliphatic hydroxyl groups excluding tert-OH is 1. The van der Waals surface area contributed by atoms with Crippen LogP contribution in [0.4, 0.5) is 0 Å². The fraction of sp³-hybridized carbons (Fsp3) is 0.800. The van der Waals surface area contributed by atoms with Crippen LogP contribution in [-0.4, -0.2) is 39.2 Å². The van der Waals surface area contributed by atoms with Crippen LogP contribution in [0.25, 0.3) is 0 Å². The molecule has 0 aromatic rings. The minimum Gasteiger partial charge on any atom is -0.466 e. The van der Waals surface area contributed by atoms with Crippen molar-refractivity contribution in [3.8, 4) is 0 Å². The summed E-state index contributed by atoms with van der Waals surface area (Å²) in [5.41, 5.74) is 0. The number of aliphatic hydroxyl groups is 1. The van der Waals surface area contributed by atoms with Gasteiger partial charge in [-0.25, -0.2) is 4.79 Å². The number of hydrogen-bond donors (Lipinski definition) is 1. The van der Waals surface area contributed by atoms with E-state index >= 15 is 0 Å². The van der Waals surface area contributed by atoms with E-state index in [1.807, 2.05) is 6.92 Å². The molecule has 0 aliphatic rings. The van der Waals surface area contributed by atoms with Crippen LogP contribution >= 0.6 is 0 Å². The SMILES string of the molecule is COC(=O)/C=C/C[C@H](O)[C@H](C)CO[Si](C)(C)C(C)(C)C. The van der Waals surface area contributed by atoms with E-state index in [9.17, 15) is 9.90 Å². The van der Waals surface area contributed by atoms with Crippen molar-refractivity contribution in [1.82, 2.24) is 0 Å². The number of methoxy groups -OCH3 is 1. The lowest BCUT2D eigenvalue weighted by molar-refractivity contribution is -0.134. The standard InChI is InChI=1S/C15H30O4Si/c1-12(11-19-20(6,7)15(2,3)4)13(16)9-8-10-14(17)18-5/h8,10,12-13,16H,9,11H2,1-7H3/b10-8+/t12-,13+/m1/s1. The van der Waals surface area contributed by atoms with Crippen LogP contribution in [0.3, 0.4) is 0 Å². The second-order valence-electron chi connectivity index (χ2n) is 6.78. The molecule has 0 radical (unpaired) electrons. The van der Waals surface area contributed by atoms with Gasteiger partial charge in [0.25, 0.3) is 0 Å². The lowest BCUT2D eigenvalue weighted by atomic mass is 10.0. The van der Waals surface area contributed by atoms with Crippen molar-refractivity contribution >= 4 is 14.3 Å². The molecule has 0 aromatic heterocycles. The molecule has 0 heterocycles.